The number of sulfonamides is 1. The van der Waals surface area contributed by atoms with Crippen molar-refractivity contribution in [1.29, 1.82) is 0 Å². The van der Waals surface area contributed by atoms with Gasteiger partial charge >= 0.3 is 0 Å². The smallest absolute Gasteiger partial charge is 0.253 e. The van der Waals surface area contributed by atoms with E-state index in [-0.39, 0.29) is 4.90 Å². The maximum atomic E-state index is 12.2. The van der Waals surface area contributed by atoms with Gasteiger partial charge in [-0.1, -0.05) is 35.8 Å². The normalized spacial score (nSPS) is 16.2. The molecule has 0 spiro atoms. The molecule has 1 aliphatic carbocycles. The highest BCUT2D eigenvalue weighted by Crippen LogP contribution is 2.36. The Hall–Kier alpha value is -1.18. The summed E-state index contributed by atoms with van der Waals surface area (Å²) >= 11 is 7.08. The average molecular weight is 344 g/mol. The number of rotatable bonds is 4. The Morgan fingerprint density at radius 3 is 2.48 bits per heavy atom. The summed E-state index contributed by atoms with van der Waals surface area (Å²) in [7, 11) is -3.64. The molecule has 1 aromatic heterocycles. The molecular weight excluding hydrogens is 330 g/mol. The van der Waals surface area contributed by atoms with Crippen LogP contribution in [0.5, 0.6) is 0 Å². The van der Waals surface area contributed by atoms with Crippen LogP contribution in [0.1, 0.15) is 36.6 Å². The van der Waals surface area contributed by atoms with Crippen LogP contribution in [0.4, 0.5) is 5.13 Å². The Kier molecular flexibility index (Phi) is 4.14. The van der Waals surface area contributed by atoms with Gasteiger partial charge in [0.1, 0.15) is 5.01 Å². The van der Waals surface area contributed by atoms with Crippen molar-refractivity contribution < 1.29 is 8.42 Å². The van der Waals surface area contributed by atoms with Crippen LogP contribution in [0.15, 0.2) is 29.2 Å². The third kappa shape index (κ3) is 3.36. The highest BCUT2D eigenvalue weighted by molar-refractivity contribution is 7.93. The first-order valence-corrected chi connectivity index (χ1v) is 9.34. The van der Waals surface area contributed by atoms with Gasteiger partial charge in [0.2, 0.25) is 5.13 Å². The van der Waals surface area contributed by atoms with Crippen LogP contribution in [-0.4, -0.2) is 18.6 Å². The molecule has 0 atom stereocenters. The molecule has 0 amide bonds. The van der Waals surface area contributed by atoms with Gasteiger partial charge in [-0.15, -0.1) is 10.2 Å². The Morgan fingerprint density at radius 2 is 1.81 bits per heavy atom. The first-order valence-electron chi connectivity index (χ1n) is 6.66. The number of anilines is 1. The zero-order chi connectivity index (χ0) is 14.9. The summed E-state index contributed by atoms with van der Waals surface area (Å²) in [5.41, 5.74) is 0. The second kappa shape index (κ2) is 5.90. The molecule has 0 bridgehead atoms. The Labute approximate surface area is 132 Å². The average Bonchev–Trinajstić information content (AvgIpc) is 3.09. The number of nitrogens with one attached hydrogen (secondary N) is 1. The van der Waals surface area contributed by atoms with E-state index in [1.807, 2.05) is 0 Å². The standard InChI is InChI=1S/C13H14ClN3O2S2/c14-10-5-7-11(8-6-10)21(18,19)17-13-16-15-12(20-13)9-3-1-2-4-9/h5-9H,1-4H2,(H,16,17). The fourth-order valence-electron chi connectivity index (χ4n) is 2.40. The van der Waals surface area contributed by atoms with Crippen LogP contribution >= 0.6 is 22.9 Å². The SMILES string of the molecule is O=S(=O)(Nc1nnc(C2CCCC2)s1)c1ccc(Cl)cc1. The molecule has 0 saturated heterocycles. The van der Waals surface area contributed by atoms with Crippen molar-refractivity contribution in [2.24, 2.45) is 0 Å². The van der Waals surface area contributed by atoms with Crippen LogP contribution in [-0.2, 0) is 10.0 Å². The fourth-order valence-corrected chi connectivity index (χ4v) is 4.67. The predicted molar refractivity (Wildman–Crippen MR) is 83.4 cm³/mol. The minimum atomic E-state index is -3.64. The van der Waals surface area contributed by atoms with Gasteiger partial charge in [0.05, 0.1) is 4.90 Å². The van der Waals surface area contributed by atoms with E-state index in [4.69, 9.17) is 11.6 Å². The Balaban J connectivity index is 1.77. The van der Waals surface area contributed by atoms with Crippen molar-refractivity contribution in [3.63, 3.8) is 0 Å². The van der Waals surface area contributed by atoms with Gasteiger partial charge in [-0.05, 0) is 37.1 Å². The van der Waals surface area contributed by atoms with Gasteiger partial charge in [0, 0.05) is 10.9 Å². The maximum Gasteiger partial charge on any atom is 0.263 e. The molecule has 8 heteroatoms. The molecular formula is C13H14ClN3O2S2. The first kappa shape index (κ1) is 14.7. The number of benzene rings is 1. The van der Waals surface area contributed by atoms with Crippen molar-refractivity contribution in [2.45, 2.75) is 36.5 Å². The third-order valence-corrected chi connectivity index (χ3v) is 6.23. The van der Waals surface area contributed by atoms with Crippen LogP contribution in [0.2, 0.25) is 5.02 Å². The number of hydrogen-bond acceptors (Lipinski definition) is 5. The van der Waals surface area contributed by atoms with E-state index in [0.717, 1.165) is 17.8 Å². The highest BCUT2D eigenvalue weighted by Gasteiger charge is 2.23. The first-order chi connectivity index (χ1) is 10.0. The lowest BCUT2D eigenvalue weighted by Gasteiger charge is -2.04. The van der Waals surface area contributed by atoms with Crippen molar-refractivity contribution >= 4 is 38.1 Å². The summed E-state index contributed by atoms with van der Waals surface area (Å²) in [5, 5.41) is 9.78. The monoisotopic (exact) mass is 343 g/mol. The molecule has 1 N–H and O–H groups in total. The zero-order valence-corrected chi connectivity index (χ0v) is 13.5. The molecule has 1 heterocycles. The second-order valence-corrected chi connectivity index (χ2v) is 8.11. The molecule has 1 aliphatic rings. The third-order valence-electron chi connectivity index (χ3n) is 3.49. The van der Waals surface area contributed by atoms with Crippen LogP contribution < -0.4 is 4.72 Å². The summed E-state index contributed by atoms with van der Waals surface area (Å²) < 4.78 is 26.9. The predicted octanol–water partition coefficient (Wildman–Crippen LogP) is 3.65. The second-order valence-electron chi connectivity index (χ2n) is 4.99. The van der Waals surface area contributed by atoms with Crippen LogP contribution in [0, 0.1) is 0 Å². The highest BCUT2D eigenvalue weighted by atomic mass is 35.5. The molecule has 1 saturated carbocycles. The van der Waals surface area contributed by atoms with Gasteiger partial charge in [-0.3, -0.25) is 4.72 Å². The molecule has 1 fully saturated rings. The molecule has 112 valence electrons. The molecule has 0 radical (unpaired) electrons. The lowest BCUT2D eigenvalue weighted by atomic mass is 10.1. The van der Waals surface area contributed by atoms with E-state index < -0.39 is 10.0 Å². The number of nitrogens with zero attached hydrogens (tertiary/aromatic N) is 2. The minimum absolute atomic E-state index is 0.157. The maximum absolute atomic E-state index is 12.2. The molecule has 21 heavy (non-hydrogen) atoms. The van der Waals surface area contributed by atoms with Gasteiger partial charge in [-0.25, -0.2) is 8.42 Å². The van der Waals surface area contributed by atoms with E-state index in [2.05, 4.69) is 14.9 Å². The fraction of sp³-hybridized carbons (Fsp3) is 0.385. The molecule has 1 aromatic carbocycles. The van der Waals surface area contributed by atoms with Crippen molar-refractivity contribution in [1.82, 2.24) is 10.2 Å². The van der Waals surface area contributed by atoms with Crippen molar-refractivity contribution in [3.05, 3.63) is 34.3 Å². The summed E-state index contributed by atoms with van der Waals surface area (Å²) in [5.74, 6) is 0.427. The van der Waals surface area contributed by atoms with Gasteiger partial charge in [-0.2, -0.15) is 0 Å². The zero-order valence-electron chi connectivity index (χ0n) is 11.1. The van der Waals surface area contributed by atoms with Crippen molar-refractivity contribution in [3.8, 4) is 0 Å². The molecule has 5 nitrogen and oxygen atoms in total. The van der Waals surface area contributed by atoms with Gasteiger partial charge < -0.3 is 0 Å². The van der Waals surface area contributed by atoms with Crippen molar-refractivity contribution in [2.75, 3.05) is 4.72 Å². The van der Waals surface area contributed by atoms with Crippen LogP contribution in [0.3, 0.4) is 0 Å². The Morgan fingerprint density at radius 1 is 1.14 bits per heavy atom. The molecule has 0 aliphatic heterocycles. The summed E-state index contributed by atoms with van der Waals surface area (Å²) in [6.07, 6.45) is 4.63. The quantitative estimate of drug-likeness (QED) is 0.919. The number of aromatic nitrogens is 2. The van der Waals surface area contributed by atoms with Crippen LogP contribution in [0.25, 0.3) is 0 Å². The lowest BCUT2D eigenvalue weighted by Crippen LogP contribution is -2.12. The Bertz CT molecular complexity index is 722. The van der Waals surface area contributed by atoms with E-state index in [1.165, 1.54) is 36.3 Å². The summed E-state index contributed by atoms with van der Waals surface area (Å²) in [4.78, 5) is 0.157. The van der Waals surface area contributed by atoms with Gasteiger partial charge in [0.15, 0.2) is 0 Å². The topological polar surface area (TPSA) is 72.0 Å². The molecule has 2 aromatic rings. The largest absolute Gasteiger partial charge is 0.263 e. The number of halogens is 1. The lowest BCUT2D eigenvalue weighted by molar-refractivity contribution is 0.601. The number of hydrogen-bond donors (Lipinski definition) is 1. The van der Waals surface area contributed by atoms with Gasteiger partial charge in [0.25, 0.3) is 10.0 Å². The van der Waals surface area contributed by atoms with E-state index in [9.17, 15) is 8.42 Å². The molecule has 3 rings (SSSR count). The van der Waals surface area contributed by atoms with E-state index in [1.54, 1.807) is 12.1 Å². The minimum Gasteiger partial charge on any atom is -0.253 e. The van der Waals surface area contributed by atoms with E-state index >= 15 is 0 Å². The molecule has 0 unspecified atom stereocenters. The summed E-state index contributed by atoms with van der Waals surface area (Å²) in [6, 6.07) is 6.01. The van der Waals surface area contributed by atoms with E-state index in [0.29, 0.717) is 16.1 Å². The summed E-state index contributed by atoms with van der Waals surface area (Å²) in [6.45, 7) is 0.